The Bertz CT molecular complexity index is 528. The lowest BCUT2D eigenvalue weighted by atomic mass is 9.70. The summed E-state index contributed by atoms with van der Waals surface area (Å²) >= 11 is 0. The SMILES string of the molecule is Cc1cc(NC2CCNC3(CCC3)C2)ncc1[N+](=O)[O-]. The highest BCUT2D eigenvalue weighted by molar-refractivity contribution is 5.47. The van der Waals surface area contributed by atoms with E-state index in [-0.39, 0.29) is 10.6 Å². The van der Waals surface area contributed by atoms with Gasteiger partial charge in [0.15, 0.2) is 0 Å². The molecule has 2 N–H and O–H groups in total. The van der Waals surface area contributed by atoms with Crippen LogP contribution in [0.25, 0.3) is 0 Å². The van der Waals surface area contributed by atoms with Crippen molar-refractivity contribution in [3.05, 3.63) is 27.9 Å². The van der Waals surface area contributed by atoms with Gasteiger partial charge in [-0.05, 0) is 51.6 Å². The molecular weight excluding hydrogens is 256 g/mol. The first-order chi connectivity index (χ1) is 9.58. The van der Waals surface area contributed by atoms with Crippen molar-refractivity contribution >= 4 is 11.5 Å². The number of hydrogen-bond donors (Lipinski definition) is 2. The van der Waals surface area contributed by atoms with Crippen LogP contribution < -0.4 is 10.6 Å². The summed E-state index contributed by atoms with van der Waals surface area (Å²) in [5.74, 6) is 0.745. The predicted molar refractivity (Wildman–Crippen MR) is 76.9 cm³/mol. The van der Waals surface area contributed by atoms with Crippen LogP contribution in [0.15, 0.2) is 12.3 Å². The zero-order valence-electron chi connectivity index (χ0n) is 11.7. The van der Waals surface area contributed by atoms with Gasteiger partial charge in [0, 0.05) is 17.1 Å². The molecule has 1 aliphatic carbocycles. The summed E-state index contributed by atoms with van der Waals surface area (Å²) in [6, 6.07) is 2.18. The molecule has 1 saturated carbocycles. The van der Waals surface area contributed by atoms with E-state index in [9.17, 15) is 10.1 Å². The number of nitrogens with one attached hydrogen (secondary N) is 2. The number of aryl methyl sites for hydroxylation is 1. The first-order valence-electron chi connectivity index (χ1n) is 7.21. The van der Waals surface area contributed by atoms with Crippen molar-refractivity contribution in [2.75, 3.05) is 11.9 Å². The number of pyridine rings is 1. The van der Waals surface area contributed by atoms with E-state index >= 15 is 0 Å². The average molecular weight is 276 g/mol. The molecule has 1 unspecified atom stereocenters. The lowest BCUT2D eigenvalue weighted by Gasteiger charge is -2.48. The van der Waals surface area contributed by atoms with E-state index in [0.29, 0.717) is 17.1 Å². The predicted octanol–water partition coefficient (Wildman–Crippen LogP) is 2.38. The number of nitrogens with zero attached hydrogens (tertiary/aromatic N) is 2. The van der Waals surface area contributed by atoms with Gasteiger partial charge in [0.2, 0.25) is 0 Å². The van der Waals surface area contributed by atoms with Gasteiger partial charge in [0.25, 0.3) is 5.69 Å². The number of nitro groups is 1. The van der Waals surface area contributed by atoms with Gasteiger partial charge in [0.1, 0.15) is 12.0 Å². The van der Waals surface area contributed by atoms with E-state index in [4.69, 9.17) is 0 Å². The molecule has 2 heterocycles. The Hall–Kier alpha value is -1.69. The second-order valence-corrected chi connectivity index (χ2v) is 6.01. The number of aromatic nitrogens is 1. The van der Waals surface area contributed by atoms with Crippen molar-refractivity contribution in [2.45, 2.75) is 50.6 Å². The molecule has 6 nitrogen and oxygen atoms in total. The Morgan fingerprint density at radius 1 is 1.55 bits per heavy atom. The molecule has 1 aliphatic heterocycles. The maximum Gasteiger partial charge on any atom is 0.290 e. The van der Waals surface area contributed by atoms with E-state index in [2.05, 4.69) is 15.6 Å². The summed E-state index contributed by atoms with van der Waals surface area (Å²) < 4.78 is 0. The summed E-state index contributed by atoms with van der Waals surface area (Å²) in [5.41, 5.74) is 1.07. The maximum atomic E-state index is 10.8. The minimum atomic E-state index is -0.389. The monoisotopic (exact) mass is 276 g/mol. The fourth-order valence-electron chi connectivity index (χ4n) is 3.29. The summed E-state index contributed by atoms with van der Waals surface area (Å²) in [6.07, 6.45) is 7.37. The fraction of sp³-hybridized carbons (Fsp3) is 0.643. The third-order valence-corrected chi connectivity index (χ3v) is 4.57. The molecule has 0 bridgehead atoms. The summed E-state index contributed by atoms with van der Waals surface area (Å²) in [7, 11) is 0. The molecule has 2 fully saturated rings. The summed E-state index contributed by atoms with van der Waals surface area (Å²) in [4.78, 5) is 14.6. The van der Waals surface area contributed by atoms with Crippen molar-refractivity contribution in [1.82, 2.24) is 10.3 Å². The number of piperidine rings is 1. The van der Waals surface area contributed by atoms with Gasteiger partial charge >= 0.3 is 0 Å². The number of anilines is 1. The molecule has 3 rings (SSSR count). The Morgan fingerprint density at radius 3 is 2.95 bits per heavy atom. The molecule has 6 heteroatoms. The van der Waals surface area contributed by atoms with Crippen LogP contribution in [0.4, 0.5) is 11.5 Å². The standard InChI is InChI=1S/C14H20N4O2/c1-10-7-13(15-9-12(10)18(19)20)17-11-3-6-16-14(8-11)4-2-5-14/h7,9,11,16H,2-6,8H2,1H3,(H,15,17). The van der Waals surface area contributed by atoms with Crippen molar-refractivity contribution in [2.24, 2.45) is 0 Å². The quantitative estimate of drug-likeness (QED) is 0.654. The minimum Gasteiger partial charge on any atom is -0.367 e. The molecular formula is C14H20N4O2. The molecule has 1 aromatic rings. The average Bonchev–Trinajstić information content (AvgIpc) is 2.37. The maximum absolute atomic E-state index is 10.8. The molecule has 20 heavy (non-hydrogen) atoms. The van der Waals surface area contributed by atoms with Crippen LogP contribution in [0, 0.1) is 17.0 Å². The molecule has 1 saturated heterocycles. The van der Waals surface area contributed by atoms with Gasteiger partial charge in [-0.25, -0.2) is 4.98 Å². The van der Waals surface area contributed by atoms with E-state index in [1.807, 2.05) is 0 Å². The largest absolute Gasteiger partial charge is 0.367 e. The summed E-state index contributed by atoms with van der Waals surface area (Å²) in [5, 5.41) is 17.9. The van der Waals surface area contributed by atoms with E-state index in [1.165, 1.54) is 25.5 Å². The first kappa shape index (κ1) is 13.3. The zero-order chi connectivity index (χ0) is 14.2. The van der Waals surface area contributed by atoms with Crippen LogP contribution in [0.1, 0.15) is 37.7 Å². The topological polar surface area (TPSA) is 80.1 Å². The fourth-order valence-corrected chi connectivity index (χ4v) is 3.29. The Labute approximate surface area is 118 Å². The second kappa shape index (κ2) is 5.01. The van der Waals surface area contributed by atoms with Crippen LogP contribution in [0.3, 0.4) is 0 Å². The number of rotatable bonds is 3. The van der Waals surface area contributed by atoms with Crippen LogP contribution in [0.5, 0.6) is 0 Å². The highest BCUT2D eigenvalue weighted by atomic mass is 16.6. The third-order valence-electron chi connectivity index (χ3n) is 4.57. The van der Waals surface area contributed by atoms with Crippen LogP contribution in [-0.4, -0.2) is 28.0 Å². The Balaban J connectivity index is 1.68. The van der Waals surface area contributed by atoms with Gasteiger partial charge < -0.3 is 10.6 Å². The van der Waals surface area contributed by atoms with Gasteiger partial charge in [-0.1, -0.05) is 0 Å². The molecule has 1 aromatic heterocycles. The molecule has 0 amide bonds. The van der Waals surface area contributed by atoms with Crippen molar-refractivity contribution in [3.63, 3.8) is 0 Å². The van der Waals surface area contributed by atoms with Crippen LogP contribution >= 0.6 is 0 Å². The number of hydrogen-bond acceptors (Lipinski definition) is 5. The summed E-state index contributed by atoms with van der Waals surface area (Å²) in [6.45, 7) is 2.78. The lowest BCUT2D eigenvalue weighted by molar-refractivity contribution is -0.385. The Morgan fingerprint density at radius 2 is 2.35 bits per heavy atom. The second-order valence-electron chi connectivity index (χ2n) is 6.01. The van der Waals surface area contributed by atoms with Crippen LogP contribution in [-0.2, 0) is 0 Å². The van der Waals surface area contributed by atoms with Crippen LogP contribution in [0.2, 0.25) is 0 Å². The normalized spacial score (nSPS) is 24.1. The lowest BCUT2D eigenvalue weighted by Crippen LogP contribution is -2.58. The smallest absolute Gasteiger partial charge is 0.290 e. The van der Waals surface area contributed by atoms with Crippen molar-refractivity contribution in [3.8, 4) is 0 Å². The van der Waals surface area contributed by atoms with Gasteiger partial charge in [-0.3, -0.25) is 10.1 Å². The Kier molecular flexibility index (Phi) is 3.33. The highest BCUT2D eigenvalue weighted by Crippen LogP contribution is 2.38. The molecule has 2 aliphatic rings. The third kappa shape index (κ3) is 2.47. The van der Waals surface area contributed by atoms with E-state index < -0.39 is 0 Å². The van der Waals surface area contributed by atoms with Crippen molar-refractivity contribution < 1.29 is 4.92 Å². The minimum absolute atomic E-state index is 0.0799. The molecule has 108 valence electrons. The van der Waals surface area contributed by atoms with Gasteiger partial charge in [-0.15, -0.1) is 0 Å². The van der Waals surface area contributed by atoms with Gasteiger partial charge in [0.05, 0.1) is 4.92 Å². The van der Waals surface area contributed by atoms with Crippen molar-refractivity contribution in [1.29, 1.82) is 0 Å². The molecule has 0 radical (unpaired) electrons. The van der Waals surface area contributed by atoms with E-state index in [0.717, 1.165) is 25.2 Å². The molecule has 1 spiro atoms. The first-order valence-corrected chi connectivity index (χ1v) is 7.21. The van der Waals surface area contributed by atoms with Gasteiger partial charge in [-0.2, -0.15) is 0 Å². The highest BCUT2D eigenvalue weighted by Gasteiger charge is 2.40. The van der Waals surface area contributed by atoms with E-state index in [1.54, 1.807) is 13.0 Å². The zero-order valence-corrected chi connectivity index (χ0v) is 11.7. The molecule has 0 aromatic carbocycles. The molecule has 1 atom stereocenters.